The second kappa shape index (κ2) is 4.22. The summed E-state index contributed by atoms with van der Waals surface area (Å²) in [5, 5.41) is 0. The lowest BCUT2D eigenvalue weighted by Crippen LogP contribution is -1.95. The number of benzene rings is 1. The molecule has 2 aromatic rings. The van der Waals surface area contributed by atoms with Crippen LogP contribution in [0.4, 0.5) is 0 Å². The number of hydrogen-bond donors (Lipinski definition) is 0. The minimum Gasteiger partial charge on any atom is -0.233 e. The van der Waals surface area contributed by atoms with Gasteiger partial charge in [-0.1, -0.05) is 29.8 Å². The molecule has 3 rings (SSSR count). The minimum absolute atomic E-state index is 0.580. The zero-order valence-electron chi connectivity index (χ0n) is 9.65. The molecule has 0 radical (unpaired) electrons. The van der Waals surface area contributed by atoms with Crippen molar-refractivity contribution in [1.29, 1.82) is 0 Å². The summed E-state index contributed by atoms with van der Waals surface area (Å²) in [6.45, 7) is 2.09. The van der Waals surface area contributed by atoms with Crippen LogP contribution >= 0.6 is 15.9 Å². The second-order valence-electron chi connectivity index (χ2n) is 4.57. The quantitative estimate of drug-likeness (QED) is 0.778. The molecule has 0 aliphatic heterocycles. The first kappa shape index (κ1) is 10.9. The predicted molar refractivity (Wildman–Crippen MR) is 71.9 cm³/mol. The minimum atomic E-state index is 0.580. The van der Waals surface area contributed by atoms with Crippen LogP contribution in [0.1, 0.15) is 30.1 Å². The van der Waals surface area contributed by atoms with Crippen LogP contribution in [-0.2, 0) is 0 Å². The fourth-order valence-corrected chi connectivity index (χ4v) is 2.23. The zero-order valence-corrected chi connectivity index (χ0v) is 11.2. The molecule has 1 heterocycles. The largest absolute Gasteiger partial charge is 0.233 e. The molecule has 86 valence electrons. The molecule has 0 atom stereocenters. The third-order valence-corrected chi connectivity index (χ3v) is 3.41. The van der Waals surface area contributed by atoms with Gasteiger partial charge in [-0.05, 0) is 41.8 Å². The number of hydrogen-bond acceptors (Lipinski definition) is 2. The molecular formula is C14H13BrN2. The number of halogens is 1. The van der Waals surface area contributed by atoms with Crippen molar-refractivity contribution in [3.63, 3.8) is 0 Å². The molecule has 3 heteroatoms. The predicted octanol–water partition coefficient (Wildman–Crippen LogP) is 4.09. The third kappa shape index (κ3) is 2.39. The van der Waals surface area contributed by atoms with Crippen molar-refractivity contribution in [3.05, 3.63) is 46.3 Å². The van der Waals surface area contributed by atoms with Gasteiger partial charge in [-0.15, -0.1) is 0 Å². The lowest BCUT2D eigenvalue weighted by molar-refractivity contribution is 0.919. The number of nitrogens with zero attached hydrogens (tertiary/aromatic N) is 2. The van der Waals surface area contributed by atoms with Crippen LogP contribution in [0.2, 0.25) is 0 Å². The van der Waals surface area contributed by atoms with Gasteiger partial charge in [0.2, 0.25) is 0 Å². The van der Waals surface area contributed by atoms with Gasteiger partial charge >= 0.3 is 0 Å². The maximum absolute atomic E-state index is 4.65. The second-order valence-corrected chi connectivity index (χ2v) is 5.39. The van der Waals surface area contributed by atoms with Gasteiger partial charge in [0.05, 0.1) is 5.69 Å². The van der Waals surface area contributed by atoms with Gasteiger partial charge in [0.25, 0.3) is 0 Å². The molecule has 2 nitrogen and oxygen atoms in total. The Morgan fingerprint density at radius 3 is 2.47 bits per heavy atom. The third-order valence-electron chi connectivity index (χ3n) is 3.00. The van der Waals surface area contributed by atoms with Gasteiger partial charge < -0.3 is 0 Å². The zero-order chi connectivity index (χ0) is 11.8. The Balaban J connectivity index is 2.04. The summed E-state index contributed by atoms with van der Waals surface area (Å²) >= 11 is 3.47. The highest BCUT2D eigenvalue weighted by Gasteiger charge is 2.27. The summed E-state index contributed by atoms with van der Waals surface area (Å²) in [5.41, 5.74) is 3.43. The van der Waals surface area contributed by atoms with E-state index in [1.165, 1.54) is 18.4 Å². The molecule has 1 fully saturated rings. The monoisotopic (exact) mass is 288 g/mol. The highest BCUT2D eigenvalue weighted by atomic mass is 79.9. The van der Waals surface area contributed by atoms with Crippen molar-refractivity contribution in [3.8, 4) is 11.3 Å². The summed E-state index contributed by atoms with van der Waals surface area (Å²) in [5.74, 6) is 1.56. The Kier molecular flexibility index (Phi) is 2.71. The number of aromatic nitrogens is 2. The molecule has 1 aliphatic carbocycles. The average Bonchev–Trinajstić information content (AvgIpc) is 3.13. The van der Waals surface area contributed by atoms with Crippen molar-refractivity contribution in [1.82, 2.24) is 9.97 Å². The lowest BCUT2D eigenvalue weighted by atomic mass is 10.1. The molecular weight excluding hydrogens is 276 g/mol. The van der Waals surface area contributed by atoms with Crippen LogP contribution in [0, 0.1) is 6.92 Å². The molecule has 0 N–H and O–H groups in total. The molecule has 0 saturated heterocycles. The lowest BCUT2D eigenvalue weighted by Gasteiger charge is -2.05. The highest BCUT2D eigenvalue weighted by Crippen LogP contribution is 2.39. The van der Waals surface area contributed by atoms with Crippen molar-refractivity contribution in [2.75, 3.05) is 0 Å². The van der Waals surface area contributed by atoms with Gasteiger partial charge in [-0.25, -0.2) is 9.97 Å². The van der Waals surface area contributed by atoms with E-state index in [9.17, 15) is 0 Å². The maximum atomic E-state index is 4.65. The maximum Gasteiger partial charge on any atom is 0.133 e. The van der Waals surface area contributed by atoms with Crippen molar-refractivity contribution >= 4 is 15.9 Å². The van der Waals surface area contributed by atoms with E-state index < -0.39 is 0 Å². The molecule has 0 bridgehead atoms. The van der Waals surface area contributed by atoms with E-state index in [1.54, 1.807) is 0 Å². The molecule has 0 amide bonds. The summed E-state index contributed by atoms with van der Waals surface area (Å²) in [6, 6.07) is 10.4. The van der Waals surface area contributed by atoms with Crippen LogP contribution in [-0.4, -0.2) is 9.97 Å². The number of rotatable bonds is 2. The average molecular weight is 289 g/mol. The topological polar surface area (TPSA) is 25.8 Å². The van der Waals surface area contributed by atoms with Crippen LogP contribution in [0.25, 0.3) is 11.3 Å². The Labute approximate surface area is 109 Å². The number of aryl methyl sites for hydroxylation is 1. The van der Waals surface area contributed by atoms with E-state index in [2.05, 4.69) is 57.1 Å². The SMILES string of the molecule is Cc1ccc(-c2cc(Br)nc(C3CC3)n2)cc1. The first-order chi connectivity index (χ1) is 8.22. The van der Waals surface area contributed by atoms with Crippen molar-refractivity contribution in [2.45, 2.75) is 25.7 Å². The first-order valence-corrected chi connectivity index (χ1v) is 6.63. The van der Waals surface area contributed by atoms with Gasteiger partial charge in [0.15, 0.2) is 0 Å². The van der Waals surface area contributed by atoms with E-state index in [4.69, 9.17) is 0 Å². The molecule has 1 aromatic heterocycles. The van der Waals surface area contributed by atoms with E-state index in [0.29, 0.717) is 5.92 Å². The van der Waals surface area contributed by atoms with Crippen LogP contribution in [0.3, 0.4) is 0 Å². The van der Waals surface area contributed by atoms with Crippen LogP contribution in [0.15, 0.2) is 34.9 Å². The fraction of sp³-hybridized carbons (Fsp3) is 0.286. The van der Waals surface area contributed by atoms with Crippen molar-refractivity contribution < 1.29 is 0 Å². The standard InChI is InChI=1S/C14H13BrN2/c1-9-2-4-10(5-3-9)12-8-13(15)17-14(16-12)11-6-7-11/h2-5,8,11H,6-7H2,1H3. The molecule has 0 spiro atoms. The van der Waals surface area contributed by atoms with Crippen molar-refractivity contribution in [2.24, 2.45) is 0 Å². The Hall–Kier alpha value is -1.22. The van der Waals surface area contributed by atoms with Gasteiger partial charge in [-0.2, -0.15) is 0 Å². The van der Waals surface area contributed by atoms with E-state index in [0.717, 1.165) is 21.7 Å². The molecule has 1 aliphatic rings. The van der Waals surface area contributed by atoms with Gasteiger partial charge in [0.1, 0.15) is 10.4 Å². The molecule has 1 aromatic carbocycles. The molecule has 1 saturated carbocycles. The summed E-state index contributed by atoms with van der Waals surface area (Å²) in [4.78, 5) is 9.10. The summed E-state index contributed by atoms with van der Waals surface area (Å²) in [6.07, 6.45) is 2.45. The summed E-state index contributed by atoms with van der Waals surface area (Å²) < 4.78 is 0.880. The Morgan fingerprint density at radius 1 is 1.12 bits per heavy atom. The van der Waals surface area contributed by atoms with Gasteiger partial charge in [0, 0.05) is 11.5 Å². The van der Waals surface area contributed by atoms with Crippen LogP contribution < -0.4 is 0 Å². The van der Waals surface area contributed by atoms with Gasteiger partial charge in [-0.3, -0.25) is 0 Å². The van der Waals surface area contributed by atoms with Crippen LogP contribution in [0.5, 0.6) is 0 Å². The first-order valence-electron chi connectivity index (χ1n) is 5.84. The van der Waals surface area contributed by atoms with E-state index in [-0.39, 0.29) is 0 Å². The smallest absolute Gasteiger partial charge is 0.133 e. The van der Waals surface area contributed by atoms with E-state index >= 15 is 0 Å². The Morgan fingerprint density at radius 2 is 1.82 bits per heavy atom. The molecule has 17 heavy (non-hydrogen) atoms. The fourth-order valence-electron chi connectivity index (χ4n) is 1.83. The van der Waals surface area contributed by atoms with E-state index in [1.807, 2.05) is 6.07 Å². The molecule has 0 unspecified atom stereocenters. The normalized spacial score (nSPS) is 14.9. The Bertz CT molecular complexity index is 545. The highest BCUT2D eigenvalue weighted by molar-refractivity contribution is 9.10. The summed E-state index contributed by atoms with van der Waals surface area (Å²) in [7, 11) is 0.